The van der Waals surface area contributed by atoms with Crippen molar-refractivity contribution >= 4 is 22.6 Å². The van der Waals surface area contributed by atoms with Crippen LogP contribution < -0.4 is 5.56 Å². The first-order valence-electron chi connectivity index (χ1n) is 9.44. The standard InChI is InChI=1S/C19H20N6O4/c1-13-6-4-5-9-23(13)17(26)11-22-12-20-18-14(19(22)27)10-21-24(18)15-7-2-3-8-16(15)25(28)29/h2-3,7-8,10,12-13H,4-6,9,11H2,1H3. The first kappa shape index (κ1) is 18.8. The summed E-state index contributed by atoms with van der Waals surface area (Å²) in [5.41, 5.74) is -0.120. The van der Waals surface area contributed by atoms with Crippen LogP contribution in [0.4, 0.5) is 5.69 Å². The molecule has 1 aliphatic heterocycles. The van der Waals surface area contributed by atoms with Gasteiger partial charge in [-0.2, -0.15) is 5.10 Å². The van der Waals surface area contributed by atoms with E-state index in [0.29, 0.717) is 6.54 Å². The topological polar surface area (TPSA) is 116 Å². The lowest BCUT2D eigenvalue weighted by Gasteiger charge is -2.33. The Morgan fingerprint density at radius 1 is 1.31 bits per heavy atom. The number of nitro groups is 1. The molecule has 0 radical (unpaired) electrons. The van der Waals surface area contributed by atoms with Crippen LogP contribution in [-0.2, 0) is 11.3 Å². The molecule has 1 aliphatic rings. The largest absolute Gasteiger partial charge is 0.338 e. The average molecular weight is 396 g/mol. The fourth-order valence-corrected chi connectivity index (χ4v) is 3.74. The van der Waals surface area contributed by atoms with Gasteiger partial charge in [0, 0.05) is 18.7 Å². The number of rotatable bonds is 4. The average Bonchev–Trinajstić information content (AvgIpc) is 3.15. The normalized spacial score (nSPS) is 16.9. The van der Waals surface area contributed by atoms with Gasteiger partial charge in [-0.1, -0.05) is 12.1 Å². The Morgan fingerprint density at radius 3 is 2.86 bits per heavy atom. The third kappa shape index (κ3) is 3.37. The number of nitrogens with zero attached hydrogens (tertiary/aromatic N) is 6. The highest BCUT2D eigenvalue weighted by molar-refractivity contribution is 5.78. The van der Waals surface area contributed by atoms with Gasteiger partial charge in [0.1, 0.15) is 23.9 Å². The summed E-state index contributed by atoms with van der Waals surface area (Å²) >= 11 is 0. The lowest BCUT2D eigenvalue weighted by Crippen LogP contribution is -2.44. The second-order valence-electron chi connectivity index (χ2n) is 7.15. The van der Waals surface area contributed by atoms with Crippen LogP contribution in [0.5, 0.6) is 0 Å². The molecular formula is C19H20N6O4. The van der Waals surface area contributed by atoms with Gasteiger partial charge in [-0.25, -0.2) is 9.67 Å². The lowest BCUT2D eigenvalue weighted by atomic mass is 10.0. The van der Waals surface area contributed by atoms with E-state index in [1.54, 1.807) is 23.1 Å². The van der Waals surface area contributed by atoms with Crippen LogP contribution >= 0.6 is 0 Å². The Kier molecular flexibility index (Phi) is 4.83. The monoisotopic (exact) mass is 396 g/mol. The van der Waals surface area contributed by atoms with Crippen LogP contribution in [0.2, 0.25) is 0 Å². The number of para-hydroxylation sites is 2. The molecular weight excluding hydrogens is 376 g/mol. The van der Waals surface area contributed by atoms with Gasteiger partial charge in [-0.05, 0) is 32.3 Å². The Bertz CT molecular complexity index is 1150. The molecule has 29 heavy (non-hydrogen) atoms. The molecule has 150 valence electrons. The van der Waals surface area contributed by atoms with Crippen LogP contribution in [0.3, 0.4) is 0 Å². The molecule has 2 aromatic heterocycles. The maximum Gasteiger partial charge on any atom is 0.294 e. The molecule has 1 unspecified atom stereocenters. The highest BCUT2D eigenvalue weighted by Crippen LogP contribution is 2.24. The maximum atomic E-state index is 12.9. The summed E-state index contributed by atoms with van der Waals surface area (Å²) in [7, 11) is 0. The Balaban J connectivity index is 1.69. The quantitative estimate of drug-likeness (QED) is 0.491. The molecule has 0 saturated carbocycles. The van der Waals surface area contributed by atoms with Crippen LogP contribution in [0, 0.1) is 10.1 Å². The van der Waals surface area contributed by atoms with Gasteiger partial charge < -0.3 is 4.90 Å². The van der Waals surface area contributed by atoms with E-state index in [0.717, 1.165) is 19.3 Å². The zero-order valence-electron chi connectivity index (χ0n) is 15.9. The molecule has 1 aromatic carbocycles. The van der Waals surface area contributed by atoms with Crippen molar-refractivity contribution in [1.82, 2.24) is 24.2 Å². The lowest BCUT2D eigenvalue weighted by molar-refractivity contribution is -0.384. The van der Waals surface area contributed by atoms with Crippen molar-refractivity contribution in [3.05, 3.63) is 57.3 Å². The maximum absolute atomic E-state index is 12.9. The van der Waals surface area contributed by atoms with E-state index in [-0.39, 0.29) is 40.9 Å². The van der Waals surface area contributed by atoms with E-state index < -0.39 is 10.5 Å². The van der Waals surface area contributed by atoms with Gasteiger partial charge in [-0.3, -0.25) is 24.3 Å². The van der Waals surface area contributed by atoms with Gasteiger partial charge in [-0.15, -0.1) is 0 Å². The van der Waals surface area contributed by atoms with E-state index in [9.17, 15) is 19.7 Å². The second-order valence-corrected chi connectivity index (χ2v) is 7.15. The minimum Gasteiger partial charge on any atom is -0.338 e. The summed E-state index contributed by atoms with van der Waals surface area (Å²) in [6, 6.07) is 6.27. The number of likely N-dealkylation sites (tertiary alicyclic amines) is 1. The van der Waals surface area contributed by atoms with Crippen molar-refractivity contribution in [2.24, 2.45) is 0 Å². The first-order valence-corrected chi connectivity index (χ1v) is 9.44. The number of carbonyl (C=O) groups is 1. The Hall–Kier alpha value is -3.56. The zero-order valence-corrected chi connectivity index (χ0v) is 15.9. The molecule has 0 N–H and O–H groups in total. The van der Waals surface area contributed by atoms with Crippen LogP contribution in [-0.4, -0.2) is 47.6 Å². The fourth-order valence-electron chi connectivity index (χ4n) is 3.74. The number of fused-ring (bicyclic) bond motifs is 1. The van der Waals surface area contributed by atoms with E-state index >= 15 is 0 Å². The Labute approximate surface area is 165 Å². The summed E-state index contributed by atoms with van der Waals surface area (Å²) in [5, 5.41) is 15.6. The minimum absolute atomic E-state index is 0.0945. The zero-order chi connectivity index (χ0) is 20.5. The van der Waals surface area contributed by atoms with Crippen LogP contribution in [0.1, 0.15) is 26.2 Å². The Morgan fingerprint density at radius 2 is 2.10 bits per heavy atom. The number of hydrogen-bond acceptors (Lipinski definition) is 6. The molecule has 10 heteroatoms. The van der Waals surface area contributed by atoms with Crippen molar-refractivity contribution in [3.63, 3.8) is 0 Å². The van der Waals surface area contributed by atoms with Crippen molar-refractivity contribution in [1.29, 1.82) is 0 Å². The summed E-state index contributed by atoms with van der Waals surface area (Å²) in [6.07, 6.45) is 5.64. The van der Waals surface area contributed by atoms with Crippen molar-refractivity contribution < 1.29 is 9.72 Å². The summed E-state index contributed by atoms with van der Waals surface area (Å²) in [4.78, 5) is 42.4. The number of nitro benzene ring substituents is 1. The van der Waals surface area contributed by atoms with Gasteiger partial charge in [0.2, 0.25) is 5.91 Å². The highest BCUT2D eigenvalue weighted by atomic mass is 16.6. The molecule has 3 aromatic rings. The van der Waals surface area contributed by atoms with Crippen molar-refractivity contribution in [3.8, 4) is 5.69 Å². The summed E-state index contributed by atoms with van der Waals surface area (Å²) in [5.74, 6) is -0.119. The molecule has 1 amide bonds. The SMILES string of the molecule is CC1CCCCN1C(=O)Cn1cnc2c(cnn2-c2ccccc2[N+](=O)[O-])c1=O. The van der Waals surface area contributed by atoms with E-state index in [1.807, 2.05) is 6.92 Å². The number of carbonyl (C=O) groups excluding carboxylic acids is 1. The summed E-state index contributed by atoms with van der Waals surface area (Å²) < 4.78 is 2.53. The third-order valence-corrected chi connectivity index (χ3v) is 5.29. The number of hydrogen-bond donors (Lipinski definition) is 0. The highest BCUT2D eigenvalue weighted by Gasteiger charge is 2.24. The van der Waals surface area contributed by atoms with Crippen LogP contribution in [0.15, 0.2) is 41.6 Å². The molecule has 1 saturated heterocycles. The molecule has 0 bridgehead atoms. The molecule has 0 aliphatic carbocycles. The van der Waals surface area contributed by atoms with Crippen molar-refractivity contribution in [2.75, 3.05) is 6.54 Å². The predicted molar refractivity (Wildman–Crippen MR) is 105 cm³/mol. The number of piperidine rings is 1. The van der Waals surface area contributed by atoms with Gasteiger partial charge in [0.25, 0.3) is 11.2 Å². The molecule has 1 atom stereocenters. The van der Waals surface area contributed by atoms with Crippen molar-refractivity contribution in [2.45, 2.75) is 38.8 Å². The molecule has 10 nitrogen and oxygen atoms in total. The number of benzene rings is 1. The van der Waals surface area contributed by atoms with E-state index in [1.165, 1.54) is 27.8 Å². The molecule has 3 heterocycles. The van der Waals surface area contributed by atoms with Gasteiger partial charge in [0.15, 0.2) is 5.65 Å². The number of amides is 1. The smallest absolute Gasteiger partial charge is 0.294 e. The third-order valence-electron chi connectivity index (χ3n) is 5.29. The minimum atomic E-state index is -0.511. The fraction of sp³-hybridized carbons (Fsp3) is 0.368. The molecule has 0 spiro atoms. The van der Waals surface area contributed by atoms with Gasteiger partial charge >= 0.3 is 0 Å². The van der Waals surface area contributed by atoms with E-state index in [2.05, 4.69) is 10.1 Å². The molecule has 1 fully saturated rings. The van der Waals surface area contributed by atoms with Crippen LogP contribution in [0.25, 0.3) is 16.7 Å². The first-order chi connectivity index (χ1) is 14.0. The van der Waals surface area contributed by atoms with E-state index in [4.69, 9.17) is 0 Å². The number of aromatic nitrogens is 4. The molecule has 4 rings (SSSR count). The van der Waals surface area contributed by atoms with Gasteiger partial charge in [0.05, 0.1) is 11.1 Å². The predicted octanol–water partition coefficient (Wildman–Crippen LogP) is 1.89. The second kappa shape index (κ2) is 7.46. The summed E-state index contributed by atoms with van der Waals surface area (Å²) in [6.45, 7) is 2.61.